The quantitative estimate of drug-likeness (QED) is 0.355. The molecule has 0 radical (unpaired) electrons. The summed E-state index contributed by atoms with van der Waals surface area (Å²) in [6.45, 7) is 9.53. The number of nitrogens with zero attached hydrogens (tertiary/aromatic N) is 3. The molecule has 0 amide bonds. The lowest BCUT2D eigenvalue weighted by Crippen LogP contribution is -2.29. The van der Waals surface area contributed by atoms with Crippen molar-refractivity contribution < 1.29 is 23.8 Å². The van der Waals surface area contributed by atoms with Crippen LogP contribution in [0.5, 0.6) is 5.75 Å². The van der Waals surface area contributed by atoms with Gasteiger partial charge in [0.25, 0.3) is 0 Å². The summed E-state index contributed by atoms with van der Waals surface area (Å²) in [5, 5.41) is 14.9. The van der Waals surface area contributed by atoms with Gasteiger partial charge in [0.2, 0.25) is 0 Å². The standard InChI is InChI=1S/C29H30FN3O4/c1-16-19-12-9-13-36-25(19)22(30)14-20(16)24-23(26(28(34)35)37-29(3,4)5)17(2)32-27-21(15-31-33(24)27)18-10-7-6-8-11-18/h6-8,10-11,14-15,26H,9,12-13H2,1-5H3,(H,34,35). The highest BCUT2D eigenvalue weighted by Crippen LogP contribution is 2.42. The molecule has 8 heteroatoms. The molecule has 0 aliphatic carbocycles. The van der Waals surface area contributed by atoms with Crippen LogP contribution >= 0.6 is 0 Å². The molecule has 2 aromatic heterocycles. The Morgan fingerprint density at radius 3 is 2.59 bits per heavy atom. The summed E-state index contributed by atoms with van der Waals surface area (Å²) in [5.74, 6) is -1.37. The molecule has 1 aliphatic rings. The summed E-state index contributed by atoms with van der Waals surface area (Å²) >= 11 is 0. The maximum absolute atomic E-state index is 15.4. The molecule has 1 N–H and O–H groups in total. The van der Waals surface area contributed by atoms with Crippen LogP contribution in [-0.2, 0) is 16.0 Å². The number of hydrogen-bond donors (Lipinski definition) is 1. The van der Waals surface area contributed by atoms with Crippen LogP contribution in [0.3, 0.4) is 0 Å². The monoisotopic (exact) mass is 503 g/mol. The third kappa shape index (κ3) is 4.46. The molecule has 1 atom stereocenters. The molecule has 1 aliphatic heterocycles. The van der Waals surface area contributed by atoms with Gasteiger partial charge >= 0.3 is 5.97 Å². The van der Waals surface area contributed by atoms with Gasteiger partial charge in [-0.3, -0.25) is 0 Å². The summed E-state index contributed by atoms with van der Waals surface area (Å²) in [6, 6.07) is 11.1. The van der Waals surface area contributed by atoms with Gasteiger partial charge in [0.15, 0.2) is 23.3 Å². The molecule has 1 unspecified atom stereocenters. The number of benzene rings is 2. The first-order chi connectivity index (χ1) is 17.6. The minimum Gasteiger partial charge on any atom is -0.490 e. The lowest BCUT2D eigenvalue weighted by atomic mass is 9.90. The molecule has 0 spiro atoms. The van der Waals surface area contributed by atoms with E-state index >= 15 is 4.39 Å². The van der Waals surface area contributed by atoms with Crippen LogP contribution < -0.4 is 4.74 Å². The number of aliphatic carboxylic acids is 1. The van der Waals surface area contributed by atoms with Gasteiger partial charge in [-0.05, 0) is 64.7 Å². The van der Waals surface area contributed by atoms with E-state index in [-0.39, 0.29) is 5.75 Å². The second-order valence-electron chi connectivity index (χ2n) is 10.4. The van der Waals surface area contributed by atoms with E-state index in [1.807, 2.05) is 37.3 Å². The topological polar surface area (TPSA) is 86.0 Å². The molecule has 7 nitrogen and oxygen atoms in total. The van der Waals surface area contributed by atoms with Gasteiger partial charge in [0.05, 0.1) is 24.1 Å². The minimum absolute atomic E-state index is 0.266. The fraction of sp³-hybridized carbons (Fsp3) is 0.345. The van der Waals surface area contributed by atoms with Crippen LogP contribution in [0, 0.1) is 19.7 Å². The van der Waals surface area contributed by atoms with Gasteiger partial charge in [-0.15, -0.1) is 0 Å². The highest BCUT2D eigenvalue weighted by Gasteiger charge is 2.34. The van der Waals surface area contributed by atoms with Crippen molar-refractivity contribution in [3.05, 3.63) is 70.8 Å². The van der Waals surface area contributed by atoms with Crippen molar-refractivity contribution in [2.45, 2.75) is 59.2 Å². The SMILES string of the molecule is Cc1nc2c(-c3ccccc3)cnn2c(-c2cc(F)c3c(c2C)CCCO3)c1C(OC(C)(C)C)C(=O)O. The summed E-state index contributed by atoms with van der Waals surface area (Å²) in [7, 11) is 0. The number of halogens is 1. The maximum Gasteiger partial charge on any atom is 0.337 e. The lowest BCUT2D eigenvalue weighted by molar-refractivity contribution is -0.160. The van der Waals surface area contributed by atoms with Crippen molar-refractivity contribution in [3.8, 4) is 28.1 Å². The second-order valence-corrected chi connectivity index (χ2v) is 10.4. The Morgan fingerprint density at radius 2 is 1.92 bits per heavy atom. The molecule has 2 aromatic carbocycles. The Bertz CT molecular complexity index is 1510. The number of fused-ring (bicyclic) bond motifs is 2. The molecule has 0 bridgehead atoms. The summed E-state index contributed by atoms with van der Waals surface area (Å²) < 4.78 is 28.7. The van der Waals surface area contributed by atoms with Crippen LogP contribution in [0.25, 0.3) is 28.0 Å². The predicted octanol–water partition coefficient (Wildman–Crippen LogP) is 6.09. The van der Waals surface area contributed by atoms with Crippen LogP contribution in [0.4, 0.5) is 4.39 Å². The van der Waals surface area contributed by atoms with E-state index in [9.17, 15) is 9.90 Å². The molecular formula is C29H30FN3O4. The third-order valence-corrected chi connectivity index (χ3v) is 6.61. The molecular weight excluding hydrogens is 473 g/mol. The van der Waals surface area contributed by atoms with Crippen molar-refractivity contribution in [2.24, 2.45) is 0 Å². The van der Waals surface area contributed by atoms with E-state index in [4.69, 9.17) is 14.5 Å². The normalized spacial score (nSPS) is 14.3. The molecule has 0 saturated carbocycles. The first kappa shape index (κ1) is 24.9. The Labute approximate surface area is 214 Å². The average molecular weight is 504 g/mol. The van der Waals surface area contributed by atoms with Crippen LogP contribution in [0.2, 0.25) is 0 Å². The number of aryl methyl sites for hydroxylation is 1. The highest BCUT2D eigenvalue weighted by atomic mass is 19.1. The van der Waals surface area contributed by atoms with E-state index in [0.717, 1.165) is 28.7 Å². The zero-order valence-electron chi connectivity index (χ0n) is 21.6. The van der Waals surface area contributed by atoms with E-state index in [0.29, 0.717) is 41.2 Å². The van der Waals surface area contributed by atoms with Crippen molar-refractivity contribution in [3.63, 3.8) is 0 Å². The van der Waals surface area contributed by atoms with E-state index in [2.05, 4.69) is 5.10 Å². The zero-order valence-corrected chi connectivity index (χ0v) is 21.6. The Hall–Kier alpha value is -3.78. The fourth-order valence-electron chi connectivity index (χ4n) is 5.00. The van der Waals surface area contributed by atoms with E-state index in [1.54, 1.807) is 38.4 Å². The van der Waals surface area contributed by atoms with Gasteiger partial charge in [0.1, 0.15) is 0 Å². The number of carboxylic acid groups (broad SMARTS) is 1. The van der Waals surface area contributed by atoms with E-state index < -0.39 is 23.5 Å². The Morgan fingerprint density at radius 1 is 1.19 bits per heavy atom. The average Bonchev–Trinajstić information content (AvgIpc) is 3.27. The Kier molecular flexibility index (Phi) is 6.23. The van der Waals surface area contributed by atoms with Crippen LogP contribution in [-0.4, -0.2) is 37.9 Å². The fourth-order valence-corrected chi connectivity index (χ4v) is 5.00. The lowest BCUT2D eigenvalue weighted by Gasteiger charge is -2.28. The van der Waals surface area contributed by atoms with Gasteiger partial charge in [0, 0.05) is 27.9 Å². The number of carboxylic acids is 1. The number of ether oxygens (including phenoxy) is 2. The minimum atomic E-state index is -1.34. The third-order valence-electron chi connectivity index (χ3n) is 6.61. The van der Waals surface area contributed by atoms with Gasteiger partial charge < -0.3 is 14.6 Å². The highest BCUT2D eigenvalue weighted by molar-refractivity contribution is 5.85. The first-order valence-electron chi connectivity index (χ1n) is 12.4. The number of rotatable bonds is 5. The van der Waals surface area contributed by atoms with Crippen molar-refractivity contribution in [2.75, 3.05) is 6.61 Å². The molecule has 37 heavy (non-hydrogen) atoms. The number of hydrogen-bond acceptors (Lipinski definition) is 5. The van der Waals surface area contributed by atoms with Crippen LogP contribution in [0.1, 0.15) is 55.7 Å². The number of carbonyl (C=O) groups is 1. The summed E-state index contributed by atoms with van der Waals surface area (Å²) in [4.78, 5) is 17.4. The summed E-state index contributed by atoms with van der Waals surface area (Å²) in [5.41, 5.74) is 4.92. The summed E-state index contributed by atoms with van der Waals surface area (Å²) in [6.07, 6.45) is 1.81. The first-order valence-corrected chi connectivity index (χ1v) is 12.4. The van der Waals surface area contributed by atoms with Crippen LogP contribution in [0.15, 0.2) is 42.6 Å². The van der Waals surface area contributed by atoms with Gasteiger partial charge in [-0.2, -0.15) is 5.10 Å². The van der Waals surface area contributed by atoms with Crippen molar-refractivity contribution >= 4 is 11.6 Å². The molecule has 3 heterocycles. The van der Waals surface area contributed by atoms with Gasteiger partial charge in [-0.25, -0.2) is 18.7 Å². The molecule has 4 aromatic rings. The van der Waals surface area contributed by atoms with Crippen molar-refractivity contribution in [1.29, 1.82) is 0 Å². The maximum atomic E-state index is 15.4. The largest absolute Gasteiger partial charge is 0.490 e. The predicted molar refractivity (Wildman–Crippen MR) is 138 cm³/mol. The molecule has 0 saturated heterocycles. The van der Waals surface area contributed by atoms with Crippen molar-refractivity contribution in [1.82, 2.24) is 14.6 Å². The molecule has 5 rings (SSSR count). The second kappa shape index (κ2) is 9.27. The number of aromatic nitrogens is 3. The smallest absolute Gasteiger partial charge is 0.337 e. The van der Waals surface area contributed by atoms with Gasteiger partial charge in [-0.1, -0.05) is 30.3 Å². The zero-order chi connectivity index (χ0) is 26.5. The van der Waals surface area contributed by atoms with E-state index in [1.165, 1.54) is 6.07 Å². The Balaban J connectivity index is 1.88. The molecule has 0 fully saturated rings. The molecule has 192 valence electrons.